The van der Waals surface area contributed by atoms with Crippen molar-refractivity contribution in [3.63, 3.8) is 0 Å². The van der Waals surface area contributed by atoms with Crippen molar-refractivity contribution in [3.8, 4) is 5.69 Å². The fraction of sp³-hybridized carbons (Fsp3) is 0.471. The van der Waals surface area contributed by atoms with E-state index in [1.54, 1.807) is 17.2 Å². The van der Waals surface area contributed by atoms with E-state index in [4.69, 9.17) is 4.74 Å². The van der Waals surface area contributed by atoms with Crippen LogP contribution in [0.3, 0.4) is 0 Å². The van der Waals surface area contributed by atoms with Gasteiger partial charge in [-0.05, 0) is 51.3 Å². The Morgan fingerprint density at radius 1 is 1.30 bits per heavy atom. The number of piperidine rings is 1. The number of hydrogen-bond acceptors (Lipinski definition) is 5. The van der Waals surface area contributed by atoms with Crippen molar-refractivity contribution in [2.45, 2.75) is 39.2 Å². The van der Waals surface area contributed by atoms with E-state index in [2.05, 4.69) is 22.0 Å². The molecule has 0 N–H and O–H groups in total. The molecule has 0 unspecified atom stereocenters. The normalized spacial score (nSPS) is 18.0. The van der Waals surface area contributed by atoms with Crippen LogP contribution in [0.2, 0.25) is 0 Å². The topological polar surface area (TPSA) is 60.3 Å². The summed E-state index contributed by atoms with van der Waals surface area (Å²) in [5.41, 5.74) is 2.41. The van der Waals surface area contributed by atoms with Crippen molar-refractivity contribution in [3.05, 3.63) is 36.4 Å². The lowest BCUT2D eigenvalue weighted by molar-refractivity contribution is 0.0527. The number of carbonyl (C=O) groups excluding carboxylic acids is 1. The molecule has 0 radical (unpaired) electrons. The Morgan fingerprint density at radius 3 is 2.78 bits per heavy atom. The zero-order chi connectivity index (χ0) is 16.2. The van der Waals surface area contributed by atoms with Gasteiger partial charge in [-0.15, -0.1) is 10.2 Å². The van der Waals surface area contributed by atoms with E-state index in [0.29, 0.717) is 18.2 Å². The van der Waals surface area contributed by atoms with Gasteiger partial charge in [0.05, 0.1) is 17.9 Å². The van der Waals surface area contributed by atoms with Crippen molar-refractivity contribution >= 4 is 11.7 Å². The minimum atomic E-state index is -0.282. The molecule has 1 atom stereocenters. The monoisotopic (exact) mass is 314 g/mol. The molecule has 1 aromatic carbocycles. The summed E-state index contributed by atoms with van der Waals surface area (Å²) < 4.78 is 7.04. The Balaban J connectivity index is 2.02. The lowest BCUT2D eigenvalue weighted by Crippen LogP contribution is -2.38. The van der Waals surface area contributed by atoms with Gasteiger partial charge in [0.2, 0.25) is 0 Å². The van der Waals surface area contributed by atoms with E-state index in [1.807, 2.05) is 25.1 Å². The molecule has 0 saturated carbocycles. The lowest BCUT2D eigenvalue weighted by Gasteiger charge is -2.36. The first-order chi connectivity index (χ1) is 11.2. The largest absolute Gasteiger partial charge is 0.462 e. The highest BCUT2D eigenvalue weighted by molar-refractivity contribution is 5.96. The summed E-state index contributed by atoms with van der Waals surface area (Å²) in [7, 11) is 0. The molecule has 1 aromatic heterocycles. The highest BCUT2D eigenvalue weighted by atomic mass is 16.5. The van der Waals surface area contributed by atoms with Crippen LogP contribution in [0.4, 0.5) is 5.69 Å². The molecule has 6 heteroatoms. The first-order valence-corrected chi connectivity index (χ1v) is 8.13. The van der Waals surface area contributed by atoms with Gasteiger partial charge in [0.15, 0.2) is 0 Å². The molecular formula is C17H22N4O2. The van der Waals surface area contributed by atoms with Gasteiger partial charge in [-0.25, -0.2) is 4.79 Å². The second-order valence-electron chi connectivity index (χ2n) is 5.83. The van der Waals surface area contributed by atoms with Crippen molar-refractivity contribution in [1.82, 2.24) is 14.8 Å². The Bertz CT molecular complexity index is 669. The van der Waals surface area contributed by atoms with E-state index in [0.717, 1.165) is 30.8 Å². The molecule has 0 amide bonds. The minimum absolute atomic E-state index is 0.282. The van der Waals surface area contributed by atoms with Crippen LogP contribution in [0.25, 0.3) is 5.69 Å². The maximum atomic E-state index is 12.4. The Kier molecular flexibility index (Phi) is 4.60. The molecule has 0 aliphatic carbocycles. The molecule has 1 aliphatic rings. The third-order valence-corrected chi connectivity index (χ3v) is 4.30. The SMILES string of the molecule is CCOC(=O)c1cc(-n2cnnc2)ccc1N1CCCC[C@@H]1C. The molecule has 2 aromatic rings. The van der Waals surface area contributed by atoms with Gasteiger partial charge in [-0.2, -0.15) is 0 Å². The van der Waals surface area contributed by atoms with Crippen molar-refractivity contribution in [2.24, 2.45) is 0 Å². The van der Waals surface area contributed by atoms with Gasteiger partial charge in [0.25, 0.3) is 0 Å². The van der Waals surface area contributed by atoms with Crippen LogP contribution >= 0.6 is 0 Å². The summed E-state index contributed by atoms with van der Waals surface area (Å²) in [6, 6.07) is 6.28. The van der Waals surface area contributed by atoms with Crippen LogP contribution in [-0.2, 0) is 4.74 Å². The molecule has 1 fully saturated rings. The summed E-state index contributed by atoms with van der Waals surface area (Å²) in [6.45, 7) is 5.37. The number of benzene rings is 1. The maximum absolute atomic E-state index is 12.4. The third kappa shape index (κ3) is 3.21. The summed E-state index contributed by atoms with van der Waals surface area (Å²) in [5.74, 6) is -0.282. The summed E-state index contributed by atoms with van der Waals surface area (Å²) >= 11 is 0. The standard InChI is InChI=1S/C17H22N4O2/c1-3-23-17(22)15-10-14(20-11-18-19-12-20)7-8-16(15)21-9-5-4-6-13(21)2/h7-8,10-13H,3-6,9H2,1-2H3/t13-/m0/s1. The highest BCUT2D eigenvalue weighted by Gasteiger charge is 2.24. The average molecular weight is 314 g/mol. The number of hydrogen-bond donors (Lipinski definition) is 0. The lowest BCUT2D eigenvalue weighted by atomic mass is 10.0. The van der Waals surface area contributed by atoms with E-state index in [-0.39, 0.29) is 5.97 Å². The highest BCUT2D eigenvalue weighted by Crippen LogP contribution is 2.30. The first kappa shape index (κ1) is 15.5. The molecule has 0 bridgehead atoms. The minimum Gasteiger partial charge on any atom is -0.462 e. The molecule has 1 aliphatic heterocycles. The fourth-order valence-corrected chi connectivity index (χ4v) is 3.10. The molecule has 23 heavy (non-hydrogen) atoms. The number of aromatic nitrogens is 3. The van der Waals surface area contributed by atoms with Crippen LogP contribution < -0.4 is 4.90 Å². The van der Waals surface area contributed by atoms with E-state index >= 15 is 0 Å². The Hall–Kier alpha value is -2.37. The van der Waals surface area contributed by atoms with Crippen LogP contribution in [0.5, 0.6) is 0 Å². The van der Waals surface area contributed by atoms with Gasteiger partial charge in [-0.3, -0.25) is 4.57 Å². The van der Waals surface area contributed by atoms with Crippen molar-refractivity contribution < 1.29 is 9.53 Å². The maximum Gasteiger partial charge on any atom is 0.340 e. The van der Waals surface area contributed by atoms with Crippen molar-refractivity contribution in [1.29, 1.82) is 0 Å². The first-order valence-electron chi connectivity index (χ1n) is 8.13. The predicted molar refractivity (Wildman–Crippen MR) is 88.0 cm³/mol. The summed E-state index contributed by atoms with van der Waals surface area (Å²) in [4.78, 5) is 14.8. The fourth-order valence-electron chi connectivity index (χ4n) is 3.10. The molecule has 1 saturated heterocycles. The van der Waals surface area contributed by atoms with E-state index in [9.17, 15) is 4.79 Å². The number of anilines is 1. The number of carbonyl (C=O) groups is 1. The molecule has 0 spiro atoms. The summed E-state index contributed by atoms with van der Waals surface area (Å²) in [6.07, 6.45) is 6.78. The van der Waals surface area contributed by atoms with Crippen LogP contribution in [0.15, 0.2) is 30.9 Å². The number of rotatable bonds is 4. The van der Waals surface area contributed by atoms with Gasteiger partial charge in [0, 0.05) is 18.3 Å². The van der Waals surface area contributed by atoms with E-state index < -0.39 is 0 Å². The predicted octanol–water partition coefficient (Wildman–Crippen LogP) is 2.82. The van der Waals surface area contributed by atoms with Crippen LogP contribution in [0.1, 0.15) is 43.5 Å². The third-order valence-electron chi connectivity index (χ3n) is 4.30. The van der Waals surface area contributed by atoms with Gasteiger partial charge >= 0.3 is 5.97 Å². The quantitative estimate of drug-likeness (QED) is 0.812. The van der Waals surface area contributed by atoms with Crippen LogP contribution in [0, 0.1) is 0 Å². The number of ether oxygens (including phenoxy) is 1. The molecule has 3 rings (SSSR count). The van der Waals surface area contributed by atoms with Gasteiger partial charge in [0.1, 0.15) is 12.7 Å². The second-order valence-corrected chi connectivity index (χ2v) is 5.83. The molecule has 122 valence electrons. The molecular weight excluding hydrogens is 292 g/mol. The number of nitrogens with zero attached hydrogens (tertiary/aromatic N) is 4. The van der Waals surface area contributed by atoms with E-state index in [1.165, 1.54) is 6.42 Å². The average Bonchev–Trinajstić information content (AvgIpc) is 3.10. The second kappa shape index (κ2) is 6.81. The van der Waals surface area contributed by atoms with Crippen molar-refractivity contribution in [2.75, 3.05) is 18.1 Å². The smallest absolute Gasteiger partial charge is 0.340 e. The number of esters is 1. The zero-order valence-electron chi connectivity index (χ0n) is 13.6. The van der Waals surface area contributed by atoms with Crippen LogP contribution in [-0.4, -0.2) is 39.9 Å². The summed E-state index contributed by atoms with van der Waals surface area (Å²) in [5, 5.41) is 7.64. The Morgan fingerprint density at radius 2 is 2.09 bits per heavy atom. The van der Waals surface area contributed by atoms with Gasteiger partial charge in [-0.1, -0.05) is 0 Å². The molecule has 2 heterocycles. The Labute approximate surface area is 136 Å². The van der Waals surface area contributed by atoms with Gasteiger partial charge < -0.3 is 9.64 Å². The zero-order valence-corrected chi connectivity index (χ0v) is 13.6. The molecule has 6 nitrogen and oxygen atoms in total.